The highest BCUT2D eigenvalue weighted by molar-refractivity contribution is 7.99. The molecule has 4 rings (SSSR count). The maximum atomic E-state index is 12.3. The Hall–Kier alpha value is -2.76. The second kappa shape index (κ2) is 9.37. The number of nitro groups is 1. The summed E-state index contributed by atoms with van der Waals surface area (Å²) in [6.07, 6.45) is 2.15. The highest BCUT2D eigenvalue weighted by Gasteiger charge is 2.22. The average molecular weight is 446 g/mol. The molecule has 30 heavy (non-hydrogen) atoms. The summed E-state index contributed by atoms with van der Waals surface area (Å²) in [5.74, 6) is 0.697. The van der Waals surface area contributed by atoms with Gasteiger partial charge in [0, 0.05) is 24.4 Å². The molecule has 2 aromatic heterocycles. The van der Waals surface area contributed by atoms with Crippen molar-refractivity contribution < 1.29 is 14.5 Å². The van der Waals surface area contributed by atoms with Crippen LogP contribution in [0.3, 0.4) is 0 Å². The van der Waals surface area contributed by atoms with E-state index in [2.05, 4.69) is 15.5 Å². The zero-order chi connectivity index (χ0) is 20.9. The first-order valence-electron chi connectivity index (χ1n) is 9.36. The summed E-state index contributed by atoms with van der Waals surface area (Å²) in [6, 6.07) is 9.69. The van der Waals surface area contributed by atoms with Crippen molar-refractivity contribution in [3.8, 4) is 10.7 Å². The topological polar surface area (TPSA) is 112 Å². The number of nitrogens with zero attached hydrogens (tertiary/aromatic N) is 4. The Morgan fingerprint density at radius 3 is 2.83 bits per heavy atom. The van der Waals surface area contributed by atoms with Crippen LogP contribution in [0.2, 0.25) is 0 Å². The number of hydrogen-bond acceptors (Lipinski definition) is 8. The maximum absolute atomic E-state index is 12.3. The summed E-state index contributed by atoms with van der Waals surface area (Å²) in [7, 11) is 0. The Morgan fingerprint density at radius 1 is 1.33 bits per heavy atom. The van der Waals surface area contributed by atoms with Gasteiger partial charge in [-0.1, -0.05) is 17.8 Å². The van der Waals surface area contributed by atoms with E-state index in [1.54, 1.807) is 11.3 Å². The van der Waals surface area contributed by atoms with Crippen LogP contribution < -0.4 is 5.32 Å². The van der Waals surface area contributed by atoms with Crippen molar-refractivity contribution in [1.29, 1.82) is 0 Å². The number of carbonyl (C=O) groups is 1. The monoisotopic (exact) mass is 445 g/mol. The van der Waals surface area contributed by atoms with Gasteiger partial charge in [0.05, 0.1) is 28.2 Å². The number of amides is 1. The Balaban J connectivity index is 1.43. The van der Waals surface area contributed by atoms with Gasteiger partial charge in [-0.2, -0.15) is 0 Å². The van der Waals surface area contributed by atoms with Crippen molar-refractivity contribution in [1.82, 2.24) is 14.8 Å². The number of thioether (sulfide) groups is 1. The molecule has 0 bridgehead atoms. The van der Waals surface area contributed by atoms with Gasteiger partial charge in [-0.05, 0) is 36.4 Å². The first-order chi connectivity index (χ1) is 14.6. The van der Waals surface area contributed by atoms with Crippen LogP contribution in [0.15, 0.2) is 46.9 Å². The number of anilines is 1. The number of aromatic nitrogens is 3. The van der Waals surface area contributed by atoms with Gasteiger partial charge in [-0.3, -0.25) is 19.5 Å². The van der Waals surface area contributed by atoms with Crippen LogP contribution >= 0.6 is 23.1 Å². The maximum Gasteiger partial charge on any atom is 0.269 e. The molecule has 0 saturated carbocycles. The van der Waals surface area contributed by atoms with Gasteiger partial charge in [-0.15, -0.1) is 21.5 Å². The van der Waals surface area contributed by atoms with E-state index >= 15 is 0 Å². The molecule has 0 spiro atoms. The zero-order valence-corrected chi connectivity index (χ0v) is 17.5. The number of nitro benzene ring substituents is 1. The van der Waals surface area contributed by atoms with Crippen molar-refractivity contribution in [3.63, 3.8) is 0 Å². The van der Waals surface area contributed by atoms with Gasteiger partial charge in [0.2, 0.25) is 5.91 Å². The largest absolute Gasteiger partial charge is 0.376 e. The number of carbonyl (C=O) groups excluding carboxylic acids is 1. The third kappa shape index (κ3) is 4.86. The second-order valence-corrected chi connectivity index (χ2v) is 8.56. The number of benzene rings is 1. The molecule has 1 amide bonds. The lowest BCUT2D eigenvalue weighted by Crippen LogP contribution is -2.18. The van der Waals surface area contributed by atoms with Crippen LogP contribution in [0.25, 0.3) is 10.7 Å². The van der Waals surface area contributed by atoms with Gasteiger partial charge in [-0.25, -0.2) is 0 Å². The fraction of sp³-hybridized carbons (Fsp3) is 0.316. The minimum atomic E-state index is -0.479. The van der Waals surface area contributed by atoms with E-state index in [-0.39, 0.29) is 23.5 Å². The number of rotatable bonds is 8. The first-order valence-corrected chi connectivity index (χ1v) is 11.2. The Bertz CT molecular complexity index is 1010. The van der Waals surface area contributed by atoms with Gasteiger partial charge in [0.25, 0.3) is 5.69 Å². The molecule has 0 radical (unpaired) electrons. The molecule has 3 aromatic rings. The molecule has 1 saturated heterocycles. The summed E-state index contributed by atoms with van der Waals surface area (Å²) < 4.78 is 7.79. The Kier molecular flexibility index (Phi) is 6.41. The van der Waals surface area contributed by atoms with Gasteiger partial charge in [0.1, 0.15) is 0 Å². The minimum absolute atomic E-state index is 0.0225. The SMILES string of the molecule is O=C(CSc1nnc(-c2cccs2)n1C[C@@H]1CCCO1)Nc1ccc([N+](=O)[O-])cc1. The third-order valence-electron chi connectivity index (χ3n) is 4.56. The standard InChI is InChI=1S/C19H19N5O4S2/c25-17(20-13-5-7-14(8-6-13)24(26)27)12-30-19-22-21-18(16-4-2-10-29-16)23(19)11-15-3-1-9-28-15/h2,4-8,10,15H,1,3,9,11-12H2,(H,20,25)/t15-/m0/s1. The summed E-state index contributed by atoms with van der Waals surface area (Å²) in [5, 5.41) is 24.8. The predicted octanol–water partition coefficient (Wildman–Crippen LogP) is 3.82. The number of non-ortho nitro benzene ring substituents is 1. The highest BCUT2D eigenvalue weighted by Crippen LogP contribution is 2.29. The van der Waals surface area contributed by atoms with E-state index in [1.807, 2.05) is 22.1 Å². The number of nitrogens with one attached hydrogen (secondary N) is 1. The van der Waals surface area contributed by atoms with E-state index in [1.165, 1.54) is 36.0 Å². The van der Waals surface area contributed by atoms with Crippen molar-refractivity contribution in [3.05, 3.63) is 51.9 Å². The molecule has 0 unspecified atom stereocenters. The summed E-state index contributed by atoms with van der Waals surface area (Å²) in [6.45, 7) is 1.41. The molecule has 11 heteroatoms. The number of ether oxygens (including phenoxy) is 1. The molecule has 1 aliphatic heterocycles. The van der Waals surface area contributed by atoms with Crippen LogP contribution in [0.4, 0.5) is 11.4 Å². The predicted molar refractivity (Wildman–Crippen MR) is 115 cm³/mol. The Labute approximate surface area is 180 Å². The van der Waals surface area contributed by atoms with Crippen molar-refractivity contribution >= 4 is 40.4 Å². The average Bonchev–Trinajstić information content (AvgIpc) is 3.50. The van der Waals surface area contributed by atoms with E-state index in [9.17, 15) is 14.9 Å². The third-order valence-corrected chi connectivity index (χ3v) is 6.40. The molecule has 1 aliphatic rings. The van der Waals surface area contributed by atoms with Gasteiger partial charge < -0.3 is 10.1 Å². The molecular weight excluding hydrogens is 426 g/mol. The van der Waals surface area contributed by atoms with E-state index in [4.69, 9.17) is 4.74 Å². The van der Waals surface area contributed by atoms with Crippen LogP contribution in [-0.4, -0.2) is 44.1 Å². The minimum Gasteiger partial charge on any atom is -0.376 e. The van der Waals surface area contributed by atoms with Gasteiger partial charge in [0.15, 0.2) is 11.0 Å². The van der Waals surface area contributed by atoms with E-state index in [0.29, 0.717) is 17.4 Å². The first kappa shape index (κ1) is 20.5. The molecule has 1 aromatic carbocycles. The molecule has 3 heterocycles. The van der Waals surface area contributed by atoms with Gasteiger partial charge >= 0.3 is 0 Å². The molecular formula is C19H19N5O4S2. The fourth-order valence-electron chi connectivity index (χ4n) is 3.13. The quantitative estimate of drug-likeness (QED) is 0.319. The number of thiophene rings is 1. The molecule has 1 atom stereocenters. The second-order valence-electron chi connectivity index (χ2n) is 6.67. The van der Waals surface area contributed by atoms with Crippen LogP contribution in [0.5, 0.6) is 0 Å². The normalized spacial score (nSPS) is 15.9. The van der Waals surface area contributed by atoms with Crippen molar-refractivity contribution in [2.45, 2.75) is 30.6 Å². The molecule has 0 aliphatic carbocycles. The highest BCUT2D eigenvalue weighted by atomic mass is 32.2. The Morgan fingerprint density at radius 2 is 2.17 bits per heavy atom. The van der Waals surface area contributed by atoms with Crippen LogP contribution in [0.1, 0.15) is 12.8 Å². The fourth-order valence-corrected chi connectivity index (χ4v) is 4.60. The van der Waals surface area contributed by atoms with Crippen molar-refractivity contribution in [2.75, 3.05) is 17.7 Å². The van der Waals surface area contributed by atoms with Crippen molar-refractivity contribution in [2.24, 2.45) is 0 Å². The molecule has 1 fully saturated rings. The van der Waals surface area contributed by atoms with E-state index < -0.39 is 4.92 Å². The zero-order valence-electron chi connectivity index (χ0n) is 15.9. The lowest BCUT2D eigenvalue weighted by atomic mass is 10.2. The molecule has 156 valence electrons. The van der Waals surface area contributed by atoms with Crippen LogP contribution in [0, 0.1) is 10.1 Å². The number of hydrogen-bond donors (Lipinski definition) is 1. The molecule has 9 nitrogen and oxygen atoms in total. The smallest absolute Gasteiger partial charge is 0.269 e. The van der Waals surface area contributed by atoms with E-state index in [0.717, 1.165) is 30.2 Å². The summed E-state index contributed by atoms with van der Waals surface area (Å²) in [4.78, 5) is 23.6. The molecule has 1 N–H and O–H groups in total. The lowest BCUT2D eigenvalue weighted by molar-refractivity contribution is -0.384. The van der Waals surface area contributed by atoms with Crippen LogP contribution in [-0.2, 0) is 16.1 Å². The summed E-state index contributed by atoms with van der Waals surface area (Å²) >= 11 is 2.89. The lowest BCUT2D eigenvalue weighted by Gasteiger charge is -2.14. The summed E-state index contributed by atoms with van der Waals surface area (Å²) in [5.41, 5.74) is 0.483.